The van der Waals surface area contributed by atoms with Crippen molar-refractivity contribution >= 4 is 0 Å². The molecule has 80 valence electrons. The molecule has 15 heavy (non-hydrogen) atoms. The molecule has 0 saturated carbocycles. The van der Waals surface area contributed by atoms with E-state index in [2.05, 4.69) is 9.58 Å². The predicted octanol–water partition coefficient (Wildman–Crippen LogP) is 3.57. The molecule has 0 N–H and O–H groups in total. The topological polar surface area (TPSA) is 13.6 Å². The quantitative estimate of drug-likeness (QED) is 0.687. The van der Waals surface area contributed by atoms with Gasteiger partial charge >= 0.3 is 6.36 Å². The molecule has 1 atom stereocenters. The van der Waals surface area contributed by atoms with Gasteiger partial charge in [0.2, 0.25) is 6.04 Å². The van der Waals surface area contributed by atoms with Crippen molar-refractivity contribution in [1.29, 1.82) is 0 Å². The van der Waals surface area contributed by atoms with Crippen molar-refractivity contribution in [2.75, 3.05) is 0 Å². The van der Waals surface area contributed by atoms with E-state index < -0.39 is 12.4 Å². The third-order valence-electron chi connectivity index (χ3n) is 1.77. The van der Waals surface area contributed by atoms with Crippen LogP contribution in [0, 0.1) is 6.57 Å². The van der Waals surface area contributed by atoms with Gasteiger partial charge in [0.1, 0.15) is 5.75 Å². The molecule has 1 aromatic carbocycles. The molecule has 0 fully saturated rings. The lowest BCUT2D eigenvalue weighted by Crippen LogP contribution is -2.17. The van der Waals surface area contributed by atoms with Gasteiger partial charge in [-0.15, -0.1) is 13.2 Å². The zero-order valence-corrected chi connectivity index (χ0v) is 7.88. The Morgan fingerprint density at radius 2 is 2.07 bits per heavy atom. The van der Waals surface area contributed by atoms with Gasteiger partial charge in [-0.25, -0.2) is 6.57 Å². The van der Waals surface area contributed by atoms with Crippen molar-refractivity contribution in [2.45, 2.75) is 19.3 Å². The van der Waals surface area contributed by atoms with Gasteiger partial charge in [-0.2, -0.15) is 0 Å². The third kappa shape index (κ3) is 3.50. The highest BCUT2D eigenvalue weighted by molar-refractivity contribution is 5.31. The fraction of sp³-hybridized carbons (Fsp3) is 0.300. The largest absolute Gasteiger partial charge is 0.573 e. The van der Waals surface area contributed by atoms with Gasteiger partial charge in [-0.05, 0) is 12.1 Å². The van der Waals surface area contributed by atoms with Crippen LogP contribution in [0.25, 0.3) is 4.85 Å². The molecule has 0 bridgehead atoms. The number of hydrogen-bond donors (Lipinski definition) is 0. The lowest BCUT2D eigenvalue weighted by atomic mass is 10.1. The van der Waals surface area contributed by atoms with Crippen LogP contribution >= 0.6 is 0 Å². The molecule has 1 rings (SSSR count). The monoisotopic (exact) mass is 215 g/mol. The summed E-state index contributed by atoms with van der Waals surface area (Å²) in [5, 5.41) is 0. The lowest BCUT2D eigenvalue weighted by molar-refractivity contribution is -0.274. The van der Waals surface area contributed by atoms with Gasteiger partial charge in [-0.3, -0.25) is 0 Å². The van der Waals surface area contributed by atoms with E-state index >= 15 is 0 Å². The highest BCUT2D eigenvalue weighted by Gasteiger charge is 2.31. The van der Waals surface area contributed by atoms with Gasteiger partial charge in [-0.1, -0.05) is 12.1 Å². The van der Waals surface area contributed by atoms with E-state index in [4.69, 9.17) is 6.57 Å². The summed E-state index contributed by atoms with van der Waals surface area (Å²) >= 11 is 0. The van der Waals surface area contributed by atoms with Gasteiger partial charge in [0.15, 0.2) is 0 Å². The van der Waals surface area contributed by atoms with E-state index in [-0.39, 0.29) is 5.75 Å². The first kappa shape index (κ1) is 11.4. The summed E-state index contributed by atoms with van der Waals surface area (Å²) in [4.78, 5) is 3.21. The summed E-state index contributed by atoms with van der Waals surface area (Å²) in [5.74, 6) is -0.296. The molecule has 5 heteroatoms. The first-order chi connectivity index (χ1) is 6.92. The van der Waals surface area contributed by atoms with Crippen LogP contribution in [0.4, 0.5) is 13.2 Å². The number of benzene rings is 1. The Labute approximate surface area is 85.1 Å². The molecule has 0 aliphatic carbocycles. The molecule has 0 aromatic heterocycles. The van der Waals surface area contributed by atoms with E-state index in [1.165, 1.54) is 18.2 Å². The first-order valence-corrected chi connectivity index (χ1v) is 4.14. The molecule has 0 aliphatic heterocycles. The summed E-state index contributed by atoms with van der Waals surface area (Å²) in [6.07, 6.45) is -4.69. The Balaban J connectivity index is 2.89. The Morgan fingerprint density at radius 3 is 2.60 bits per heavy atom. The van der Waals surface area contributed by atoms with Crippen molar-refractivity contribution in [1.82, 2.24) is 0 Å². The van der Waals surface area contributed by atoms with E-state index in [1.807, 2.05) is 0 Å². The smallest absolute Gasteiger partial charge is 0.406 e. The van der Waals surface area contributed by atoms with Crippen LogP contribution in [0.1, 0.15) is 18.5 Å². The van der Waals surface area contributed by atoms with Crippen molar-refractivity contribution in [2.24, 2.45) is 0 Å². The summed E-state index contributed by atoms with van der Waals surface area (Å²) in [5.41, 5.74) is 0.506. The molecule has 0 amide bonds. The lowest BCUT2D eigenvalue weighted by Gasteiger charge is -2.09. The zero-order chi connectivity index (χ0) is 11.5. The highest BCUT2D eigenvalue weighted by atomic mass is 19.4. The summed E-state index contributed by atoms with van der Waals surface area (Å²) < 4.78 is 39.4. The highest BCUT2D eigenvalue weighted by Crippen LogP contribution is 2.26. The Hall–Kier alpha value is -1.70. The van der Waals surface area contributed by atoms with Gasteiger partial charge in [0, 0.05) is 12.5 Å². The minimum atomic E-state index is -4.69. The third-order valence-corrected chi connectivity index (χ3v) is 1.77. The predicted molar refractivity (Wildman–Crippen MR) is 48.1 cm³/mol. The molecular weight excluding hydrogens is 207 g/mol. The average Bonchev–Trinajstić information content (AvgIpc) is 2.14. The van der Waals surface area contributed by atoms with Crippen LogP contribution < -0.4 is 4.74 Å². The van der Waals surface area contributed by atoms with E-state index in [0.29, 0.717) is 5.56 Å². The number of ether oxygens (including phenoxy) is 1. The van der Waals surface area contributed by atoms with Crippen molar-refractivity contribution in [3.05, 3.63) is 41.2 Å². The number of rotatable bonds is 2. The van der Waals surface area contributed by atoms with Crippen LogP contribution in [0.15, 0.2) is 24.3 Å². The summed E-state index contributed by atoms with van der Waals surface area (Å²) in [6, 6.07) is 4.97. The Kier molecular flexibility index (Phi) is 3.20. The van der Waals surface area contributed by atoms with Crippen molar-refractivity contribution < 1.29 is 17.9 Å². The fourth-order valence-corrected chi connectivity index (χ4v) is 1.05. The number of halogens is 3. The van der Waals surface area contributed by atoms with E-state index in [1.54, 1.807) is 13.0 Å². The van der Waals surface area contributed by atoms with Gasteiger partial charge in [0.25, 0.3) is 0 Å². The molecule has 0 aliphatic rings. The summed E-state index contributed by atoms with van der Waals surface area (Å²) in [6.45, 7) is 8.37. The van der Waals surface area contributed by atoms with E-state index in [9.17, 15) is 13.2 Å². The molecule has 2 nitrogen and oxygen atoms in total. The first-order valence-electron chi connectivity index (χ1n) is 4.14. The van der Waals surface area contributed by atoms with Crippen molar-refractivity contribution in [3.63, 3.8) is 0 Å². The molecule has 0 heterocycles. The van der Waals surface area contributed by atoms with Crippen molar-refractivity contribution in [3.8, 4) is 5.75 Å². The van der Waals surface area contributed by atoms with Crippen LogP contribution in [-0.4, -0.2) is 6.36 Å². The number of nitrogens with zero attached hydrogens (tertiary/aromatic N) is 1. The zero-order valence-electron chi connectivity index (χ0n) is 7.88. The molecule has 1 aromatic rings. The second-order valence-corrected chi connectivity index (χ2v) is 2.93. The number of hydrogen-bond acceptors (Lipinski definition) is 1. The van der Waals surface area contributed by atoms with Crippen LogP contribution in [0.2, 0.25) is 0 Å². The molecule has 0 radical (unpaired) electrons. The van der Waals surface area contributed by atoms with Gasteiger partial charge in [0.05, 0.1) is 0 Å². The van der Waals surface area contributed by atoms with Crippen LogP contribution in [-0.2, 0) is 0 Å². The molecule has 0 saturated heterocycles. The Morgan fingerprint density at radius 1 is 1.40 bits per heavy atom. The normalized spacial score (nSPS) is 13.0. The average molecular weight is 215 g/mol. The standard InChI is InChI=1S/C10H8F3NO/c1-7(14-2)8-4-3-5-9(6-8)15-10(11,12)13/h3-7H,1H3. The fourth-order valence-electron chi connectivity index (χ4n) is 1.05. The van der Waals surface area contributed by atoms with Crippen LogP contribution in [0.3, 0.4) is 0 Å². The maximum Gasteiger partial charge on any atom is 0.573 e. The minimum Gasteiger partial charge on any atom is -0.406 e. The number of alkyl halides is 3. The Bertz CT molecular complexity index is 381. The molecule has 1 unspecified atom stereocenters. The van der Waals surface area contributed by atoms with Crippen LogP contribution in [0.5, 0.6) is 5.75 Å². The maximum absolute atomic E-state index is 11.9. The second kappa shape index (κ2) is 4.22. The second-order valence-electron chi connectivity index (χ2n) is 2.93. The maximum atomic E-state index is 11.9. The summed E-state index contributed by atoms with van der Waals surface area (Å²) in [7, 11) is 0. The molecule has 0 spiro atoms. The van der Waals surface area contributed by atoms with E-state index in [0.717, 1.165) is 0 Å². The SMILES string of the molecule is [C-]#[N+]C(C)c1cccc(OC(F)(F)F)c1. The minimum absolute atomic E-state index is 0.296. The van der Waals surface area contributed by atoms with Gasteiger partial charge < -0.3 is 9.58 Å². The molecular formula is C10H8F3NO.